The molecular formula is C18H16N2S2. The molecule has 22 heavy (non-hydrogen) atoms. The van der Waals surface area contributed by atoms with Crippen LogP contribution in [0.25, 0.3) is 10.2 Å². The van der Waals surface area contributed by atoms with E-state index >= 15 is 0 Å². The van der Waals surface area contributed by atoms with Gasteiger partial charge in [0, 0.05) is 6.54 Å². The van der Waals surface area contributed by atoms with E-state index in [0.717, 1.165) is 12.1 Å². The summed E-state index contributed by atoms with van der Waals surface area (Å²) in [5.41, 5.74) is 2.40. The SMILES string of the molecule is C1=C[SH](c2nc3ccccc3s2)C(NCc2ccccc2)=C1. The molecule has 1 aromatic heterocycles. The summed E-state index contributed by atoms with van der Waals surface area (Å²) in [4.78, 5) is 4.82. The second-order valence-corrected chi connectivity index (χ2v) is 8.34. The third-order valence-corrected chi connectivity index (χ3v) is 7.07. The molecular weight excluding hydrogens is 308 g/mol. The van der Waals surface area contributed by atoms with Crippen molar-refractivity contribution in [3.63, 3.8) is 0 Å². The van der Waals surface area contributed by atoms with Crippen molar-refractivity contribution < 1.29 is 0 Å². The van der Waals surface area contributed by atoms with Crippen molar-refractivity contribution in [2.45, 2.75) is 10.9 Å². The van der Waals surface area contributed by atoms with Gasteiger partial charge in [0.2, 0.25) is 0 Å². The van der Waals surface area contributed by atoms with Crippen molar-refractivity contribution in [1.29, 1.82) is 0 Å². The zero-order chi connectivity index (χ0) is 14.8. The van der Waals surface area contributed by atoms with Gasteiger partial charge in [-0.25, -0.2) is 4.98 Å². The summed E-state index contributed by atoms with van der Waals surface area (Å²) in [5.74, 6) is 0. The summed E-state index contributed by atoms with van der Waals surface area (Å²) in [5, 5.41) is 7.15. The van der Waals surface area contributed by atoms with Crippen LogP contribution in [0.4, 0.5) is 0 Å². The second-order valence-electron chi connectivity index (χ2n) is 5.07. The average Bonchev–Trinajstić information content (AvgIpc) is 3.20. The van der Waals surface area contributed by atoms with Gasteiger partial charge < -0.3 is 5.32 Å². The van der Waals surface area contributed by atoms with Crippen molar-refractivity contribution in [1.82, 2.24) is 10.3 Å². The van der Waals surface area contributed by atoms with E-state index in [0.29, 0.717) is 0 Å². The van der Waals surface area contributed by atoms with E-state index in [1.54, 1.807) is 11.3 Å². The van der Waals surface area contributed by atoms with Crippen molar-refractivity contribution in [3.8, 4) is 0 Å². The molecule has 0 aliphatic carbocycles. The number of allylic oxidation sites excluding steroid dienone is 2. The number of rotatable bonds is 4. The minimum absolute atomic E-state index is 0.470. The lowest BCUT2D eigenvalue weighted by molar-refractivity contribution is 0.856. The minimum atomic E-state index is -0.470. The summed E-state index contributed by atoms with van der Waals surface area (Å²) in [6, 6.07) is 18.9. The molecule has 0 radical (unpaired) electrons. The van der Waals surface area contributed by atoms with Gasteiger partial charge in [-0.1, -0.05) is 48.5 Å². The molecule has 3 aromatic rings. The first kappa shape index (κ1) is 13.6. The van der Waals surface area contributed by atoms with E-state index in [1.165, 1.54) is 19.6 Å². The zero-order valence-corrected chi connectivity index (χ0v) is 13.6. The molecule has 110 valence electrons. The van der Waals surface area contributed by atoms with E-state index in [2.05, 4.69) is 65.3 Å². The molecule has 2 nitrogen and oxygen atoms in total. The van der Waals surface area contributed by atoms with Crippen LogP contribution in [0, 0.1) is 0 Å². The number of fused-ring (bicyclic) bond motifs is 1. The fourth-order valence-electron chi connectivity index (χ4n) is 2.44. The predicted molar refractivity (Wildman–Crippen MR) is 97.4 cm³/mol. The predicted octanol–water partition coefficient (Wildman–Crippen LogP) is 4.81. The number of hydrogen-bond donors (Lipinski definition) is 2. The molecule has 2 heterocycles. The number of benzene rings is 2. The maximum atomic E-state index is 4.82. The second kappa shape index (κ2) is 5.99. The summed E-state index contributed by atoms with van der Waals surface area (Å²) < 4.78 is 2.49. The molecule has 0 amide bonds. The molecule has 1 N–H and O–H groups in total. The quantitative estimate of drug-likeness (QED) is 0.673. The number of nitrogens with one attached hydrogen (secondary N) is 1. The fraction of sp³-hybridized carbons (Fsp3) is 0.0556. The Morgan fingerprint density at radius 1 is 1.00 bits per heavy atom. The summed E-state index contributed by atoms with van der Waals surface area (Å²) in [7, 11) is -0.470. The molecule has 0 fully saturated rings. The zero-order valence-electron chi connectivity index (χ0n) is 11.9. The van der Waals surface area contributed by atoms with Crippen molar-refractivity contribution in [3.05, 3.63) is 82.7 Å². The lowest BCUT2D eigenvalue weighted by atomic mass is 10.2. The van der Waals surface area contributed by atoms with Gasteiger partial charge in [0.15, 0.2) is 0 Å². The Labute approximate surface area is 136 Å². The summed E-state index contributed by atoms with van der Waals surface area (Å²) in [6.07, 6.45) is 4.33. The third-order valence-electron chi connectivity index (χ3n) is 3.55. The average molecular weight is 324 g/mol. The van der Waals surface area contributed by atoms with Gasteiger partial charge in [-0.3, -0.25) is 0 Å². The fourth-order valence-corrected chi connectivity index (χ4v) is 5.78. The maximum absolute atomic E-state index is 4.82. The first-order valence-corrected chi connectivity index (χ1v) is 9.44. The van der Waals surface area contributed by atoms with Crippen LogP contribution in [0.2, 0.25) is 0 Å². The van der Waals surface area contributed by atoms with Gasteiger partial charge in [-0.2, -0.15) is 0 Å². The Morgan fingerprint density at radius 3 is 2.68 bits per heavy atom. The molecule has 1 unspecified atom stereocenters. The van der Waals surface area contributed by atoms with Gasteiger partial charge in [-0.05, 0) is 29.2 Å². The monoisotopic (exact) mass is 324 g/mol. The molecule has 4 heteroatoms. The van der Waals surface area contributed by atoms with Crippen LogP contribution < -0.4 is 5.32 Å². The lowest BCUT2D eigenvalue weighted by Crippen LogP contribution is -2.11. The van der Waals surface area contributed by atoms with E-state index in [4.69, 9.17) is 4.98 Å². The molecule has 1 aliphatic heterocycles. The van der Waals surface area contributed by atoms with E-state index in [-0.39, 0.29) is 0 Å². The van der Waals surface area contributed by atoms with E-state index < -0.39 is 10.9 Å². The highest BCUT2D eigenvalue weighted by atomic mass is 32.2. The molecule has 4 rings (SSSR count). The van der Waals surface area contributed by atoms with Crippen LogP contribution in [0.1, 0.15) is 5.56 Å². The number of aromatic nitrogens is 1. The highest BCUT2D eigenvalue weighted by Crippen LogP contribution is 2.49. The number of thiazole rings is 1. The number of hydrogen-bond acceptors (Lipinski definition) is 3. The minimum Gasteiger partial charge on any atom is -0.377 e. The Kier molecular flexibility index (Phi) is 3.70. The highest BCUT2D eigenvalue weighted by molar-refractivity contribution is 8.24. The molecule has 0 spiro atoms. The standard InChI is InChI=1S/C18H16N2S2/c1-2-7-14(8-3-1)13-19-17-11-6-12-22(17)18-20-15-9-4-5-10-16(15)21-18/h1-12,19,22H,13H2. The molecule has 2 aromatic carbocycles. The Hall–Kier alpha value is -2.04. The first-order valence-electron chi connectivity index (χ1n) is 7.21. The highest BCUT2D eigenvalue weighted by Gasteiger charge is 2.17. The van der Waals surface area contributed by atoms with Crippen molar-refractivity contribution in [2.24, 2.45) is 0 Å². The van der Waals surface area contributed by atoms with Crippen LogP contribution in [-0.4, -0.2) is 4.98 Å². The van der Waals surface area contributed by atoms with Crippen LogP contribution in [0.5, 0.6) is 0 Å². The number of nitrogens with zero attached hydrogens (tertiary/aromatic N) is 1. The molecule has 0 saturated carbocycles. The summed E-state index contributed by atoms with van der Waals surface area (Å²) in [6.45, 7) is 0.859. The van der Waals surface area contributed by atoms with E-state index in [1.807, 2.05) is 12.1 Å². The third kappa shape index (κ3) is 2.67. The Morgan fingerprint density at radius 2 is 1.82 bits per heavy atom. The van der Waals surface area contributed by atoms with Gasteiger partial charge in [-0.15, -0.1) is 22.2 Å². The van der Waals surface area contributed by atoms with Crippen LogP contribution in [-0.2, 0) is 6.54 Å². The first-order chi connectivity index (χ1) is 10.9. The van der Waals surface area contributed by atoms with Gasteiger partial charge >= 0.3 is 0 Å². The van der Waals surface area contributed by atoms with Gasteiger partial charge in [0.25, 0.3) is 0 Å². The topological polar surface area (TPSA) is 24.9 Å². The normalized spacial score (nSPS) is 18.5. The molecule has 0 bridgehead atoms. The van der Waals surface area contributed by atoms with Crippen molar-refractivity contribution in [2.75, 3.05) is 0 Å². The summed E-state index contributed by atoms with van der Waals surface area (Å²) >= 11 is 1.81. The molecule has 0 saturated heterocycles. The van der Waals surface area contributed by atoms with Crippen LogP contribution in [0.3, 0.4) is 0 Å². The maximum Gasteiger partial charge on any atom is 0.140 e. The van der Waals surface area contributed by atoms with Crippen molar-refractivity contribution >= 4 is 32.4 Å². The largest absolute Gasteiger partial charge is 0.377 e. The molecule has 1 aliphatic rings. The smallest absolute Gasteiger partial charge is 0.140 e. The Bertz CT molecular complexity index is 817. The lowest BCUT2D eigenvalue weighted by Gasteiger charge is -2.17. The number of para-hydroxylation sites is 1. The van der Waals surface area contributed by atoms with Crippen LogP contribution >= 0.6 is 22.2 Å². The molecule has 1 atom stereocenters. The van der Waals surface area contributed by atoms with E-state index in [9.17, 15) is 0 Å². The van der Waals surface area contributed by atoms with Gasteiger partial charge in [0.1, 0.15) is 4.34 Å². The number of thiol groups is 1. The van der Waals surface area contributed by atoms with Crippen LogP contribution in [0.15, 0.2) is 81.5 Å². The van der Waals surface area contributed by atoms with Gasteiger partial charge in [0.05, 0.1) is 15.2 Å². The Balaban J connectivity index is 1.54.